The Morgan fingerprint density at radius 3 is 2.26 bits per heavy atom. The molecule has 0 saturated carbocycles. The van der Waals surface area contributed by atoms with Crippen LogP contribution in [0, 0.1) is 0 Å². The first-order chi connectivity index (χ1) is 11.6. The molecule has 1 unspecified atom stereocenters. The molecule has 1 atom stereocenters. The van der Waals surface area contributed by atoms with E-state index in [2.05, 4.69) is 25.7 Å². The Kier molecular flexibility index (Phi) is 8.43. The Morgan fingerprint density at radius 1 is 1.15 bits per heavy atom. The molecule has 0 bridgehead atoms. The van der Waals surface area contributed by atoms with Gasteiger partial charge in [-0.25, -0.2) is 8.42 Å². The molecule has 0 radical (unpaired) electrons. The van der Waals surface area contributed by atoms with Crippen LogP contribution in [-0.4, -0.2) is 26.1 Å². The molecule has 1 aliphatic rings. The SMILES string of the molecule is COc1ccc(CN2c3ccc(S(=O)(=O)[O-])cc3C(C)(C)C2C)cc1.Cl.[K+]. The number of halogens is 1. The first-order valence-electron chi connectivity index (χ1n) is 8.14. The molecular weight excluding hydrogens is 413 g/mol. The van der Waals surface area contributed by atoms with E-state index >= 15 is 0 Å². The normalized spacial score (nSPS) is 17.5. The number of hydrogen-bond acceptors (Lipinski definition) is 5. The van der Waals surface area contributed by atoms with E-state index in [9.17, 15) is 13.0 Å². The quantitative estimate of drug-likeness (QED) is 0.522. The molecule has 0 aliphatic carbocycles. The second-order valence-electron chi connectivity index (χ2n) is 7.01. The Hall–Kier alpha value is -0.124. The van der Waals surface area contributed by atoms with Crippen molar-refractivity contribution in [1.82, 2.24) is 0 Å². The van der Waals surface area contributed by atoms with Gasteiger partial charge in [0.25, 0.3) is 0 Å². The Labute approximate surface area is 210 Å². The van der Waals surface area contributed by atoms with Gasteiger partial charge < -0.3 is 14.2 Å². The first kappa shape index (κ1) is 24.9. The zero-order chi connectivity index (χ0) is 18.4. The Balaban J connectivity index is 0.00000182. The third-order valence-corrected chi connectivity index (χ3v) is 6.12. The van der Waals surface area contributed by atoms with Gasteiger partial charge in [0.1, 0.15) is 15.9 Å². The minimum Gasteiger partial charge on any atom is -0.744 e. The number of methoxy groups -OCH3 is 1. The largest absolute Gasteiger partial charge is 1.00 e. The fraction of sp³-hybridized carbons (Fsp3) is 0.368. The summed E-state index contributed by atoms with van der Waals surface area (Å²) in [5.74, 6) is 0.809. The van der Waals surface area contributed by atoms with Gasteiger partial charge in [-0.1, -0.05) is 26.0 Å². The molecule has 5 nitrogen and oxygen atoms in total. The fourth-order valence-electron chi connectivity index (χ4n) is 3.41. The van der Waals surface area contributed by atoms with E-state index in [-0.39, 0.29) is 80.1 Å². The number of hydrogen-bond donors (Lipinski definition) is 0. The van der Waals surface area contributed by atoms with Crippen molar-refractivity contribution in [3.8, 4) is 5.75 Å². The molecule has 0 fully saturated rings. The minimum absolute atomic E-state index is 0. The van der Waals surface area contributed by atoms with E-state index in [4.69, 9.17) is 4.74 Å². The van der Waals surface area contributed by atoms with Crippen LogP contribution in [0.1, 0.15) is 31.9 Å². The van der Waals surface area contributed by atoms with Crippen molar-refractivity contribution in [3.05, 3.63) is 53.6 Å². The Bertz CT molecular complexity index is 900. The fourth-order valence-corrected chi connectivity index (χ4v) is 3.91. The number of rotatable bonds is 4. The van der Waals surface area contributed by atoms with Gasteiger partial charge in [0.05, 0.1) is 12.0 Å². The van der Waals surface area contributed by atoms with Crippen LogP contribution in [0.2, 0.25) is 0 Å². The molecule has 0 aromatic heterocycles. The summed E-state index contributed by atoms with van der Waals surface area (Å²) in [5, 5.41) is 0. The second-order valence-corrected chi connectivity index (χ2v) is 8.39. The Morgan fingerprint density at radius 2 is 1.74 bits per heavy atom. The molecule has 0 saturated heterocycles. The standard InChI is InChI=1S/C19H23NO4S.ClH.K/c1-13-19(2,3)17-11-16(25(21,22)23)9-10-18(17)20(13)12-14-5-7-15(24-4)8-6-14;;/h5-11,13H,12H2,1-4H3,(H,21,22,23);1H;/q;;+1/p-1. The maximum atomic E-state index is 11.4. The van der Waals surface area contributed by atoms with Gasteiger partial charge in [-0.05, 0) is 48.4 Å². The van der Waals surface area contributed by atoms with Gasteiger partial charge in [-0.2, -0.15) is 0 Å². The summed E-state index contributed by atoms with van der Waals surface area (Å²) in [6.45, 7) is 6.97. The molecule has 1 heterocycles. The summed E-state index contributed by atoms with van der Waals surface area (Å²) in [5.41, 5.74) is 2.74. The van der Waals surface area contributed by atoms with Crippen molar-refractivity contribution in [2.24, 2.45) is 0 Å². The van der Waals surface area contributed by atoms with Crippen LogP contribution in [0.3, 0.4) is 0 Å². The molecule has 0 amide bonds. The van der Waals surface area contributed by atoms with Crippen molar-refractivity contribution < 1.29 is 69.1 Å². The second kappa shape index (κ2) is 9.13. The smallest absolute Gasteiger partial charge is 0.744 e. The number of ether oxygens (including phenoxy) is 1. The van der Waals surface area contributed by atoms with Gasteiger partial charge in [-0.3, -0.25) is 0 Å². The molecule has 8 heteroatoms. The monoisotopic (exact) mass is 435 g/mol. The zero-order valence-electron chi connectivity index (χ0n) is 16.2. The number of benzene rings is 2. The number of fused-ring (bicyclic) bond motifs is 1. The average molecular weight is 436 g/mol. The zero-order valence-corrected chi connectivity index (χ0v) is 21.0. The van der Waals surface area contributed by atoms with Crippen LogP contribution in [-0.2, 0) is 22.1 Å². The molecular formula is C19H23ClKNO4S. The topological polar surface area (TPSA) is 69.7 Å². The number of anilines is 1. The molecule has 2 aromatic rings. The van der Waals surface area contributed by atoms with Crippen LogP contribution in [0.25, 0.3) is 0 Å². The van der Waals surface area contributed by atoms with E-state index in [1.807, 2.05) is 24.3 Å². The van der Waals surface area contributed by atoms with Gasteiger partial charge in [0, 0.05) is 23.7 Å². The third-order valence-electron chi connectivity index (χ3n) is 5.28. The van der Waals surface area contributed by atoms with Crippen molar-refractivity contribution >= 4 is 28.2 Å². The van der Waals surface area contributed by atoms with Crippen LogP contribution in [0.5, 0.6) is 5.75 Å². The van der Waals surface area contributed by atoms with Crippen LogP contribution < -0.4 is 61.0 Å². The van der Waals surface area contributed by atoms with Crippen LogP contribution in [0.4, 0.5) is 5.69 Å². The molecule has 0 N–H and O–H groups in total. The average Bonchev–Trinajstić information content (AvgIpc) is 2.75. The summed E-state index contributed by atoms with van der Waals surface area (Å²) in [7, 11) is -2.82. The molecule has 3 rings (SSSR count). The van der Waals surface area contributed by atoms with Crippen LogP contribution >= 0.6 is 12.4 Å². The van der Waals surface area contributed by atoms with Crippen molar-refractivity contribution in [2.45, 2.75) is 43.7 Å². The molecule has 27 heavy (non-hydrogen) atoms. The van der Waals surface area contributed by atoms with E-state index in [1.54, 1.807) is 13.2 Å². The van der Waals surface area contributed by atoms with Gasteiger partial charge in [-0.15, -0.1) is 12.4 Å². The van der Waals surface area contributed by atoms with Gasteiger partial charge >= 0.3 is 51.4 Å². The van der Waals surface area contributed by atoms with Crippen LogP contribution in [0.15, 0.2) is 47.4 Å². The van der Waals surface area contributed by atoms with Crippen molar-refractivity contribution in [1.29, 1.82) is 0 Å². The third kappa shape index (κ3) is 4.90. The molecule has 0 spiro atoms. The first-order valence-corrected chi connectivity index (χ1v) is 9.55. The van der Waals surface area contributed by atoms with Gasteiger partial charge in [0.15, 0.2) is 0 Å². The van der Waals surface area contributed by atoms with E-state index in [1.165, 1.54) is 12.1 Å². The predicted molar refractivity (Wildman–Crippen MR) is 103 cm³/mol. The van der Waals surface area contributed by atoms with E-state index in [0.717, 1.165) is 22.6 Å². The number of nitrogens with zero attached hydrogens (tertiary/aromatic N) is 1. The summed E-state index contributed by atoms with van der Waals surface area (Å²) in [4.78, 5) is 2.08. The van der Waals surface area contributed by atoms with Gasteiger partial charge in [0.2, 0.25) is 0 Å². The van der Waals surface area contributed by atoms with E-state index < -0.39 is 10.1 Å². The van der Waals surface area contributed by atoms with Crippen molar-refractivity contribution in [3.63, 3.8) is 0 Å². The summed E-state index contributed by atoms with van der Waals surface area (Å²) < 4.78 is 39.3. The summed E-state index contributed by atoms with van der Waals surface area (Å²) in [6.07, 6.45) is 0. The minimum atomic E-state index is -4.46. The summed E-state index contributed by atoms with van der Waals surface area (Å²) in [6, 6.07) is 12.7. The van der Waals surface area contributed by atoms with Crippen molar-refractivity contribution in [2.75, 3.05) is 12.0 Å². The molecule has 2 aromatic carbocycles. The maximum Gasteiger partial charge on any atom is 1.00 e. The molecule has 142 valence electrons. The predicted octanol–water partition coefficient (Wildman–Crippen LogP) is 0.711. The maximum absolute atomic E-state index is 11.4. The summed E-state index contributed by atoms with van der Waals surface area (Å²) >= 11 is 0. The molecule has 1 aliphatic heterocycles. The van der Waals surface area contributed by atoms with E-state index in [0.29, 0.717) is 6.54 Å².